The molecule has 0 saturated carbocycles. The van der Waals surface area contributed by atoms with Crippen LogP contribution in [0.5, 0.6) is 0 Å². The van der Waals surface area contributed by atoms with Crippen molar-refractivity contribution < 1.29 is 28.5 Å². The highest BCUT2D eigenvalue weighted by Crippen LogP contribution is 2.36. The zero-order valence-corrected chi connectivity index (χ0v) is 18.8. The Balaban J connectivity index is 1.53. The lowest BCUT2D eigenvalue weighted by Crippen LogP contribution is -2.46. The van der Waals surface area contributed by atoms with Gasteiger partial charge in [0.2, 0.25) is 5.91 Å². The first-order chi connectivity index (χ1) is 15.7. The summed E-state index contributed by atoms with van der Waals surface area (Å²) in [5.74, 6) is -0.355. The Morgan fingerprint density at radius 3 is 2.58 bits per heavy atom. The molecule has 2 saturated heterocycles. The molecular weight excluding hydrogens is 450 g/mol. The molecule has 33 heavy (non-hydrogen) atoms. The van der Waals surface area contributed by atoms with Gasteiger partial charge in [0.15, 0.2) is 0 Å². The molecule has 1 aromatic carbocycles. The van der Waals surface area contributed by atoms with Crippen molar-refractivity contribution in [2.45, 2.75) is 13.8 Å². The summed E-state index contributed by atoms with van der Waals surface area (Å²) in [4.78, 5) is 51.1. The zero-order valence-electron chi connectivity index (χ0n) is 18.0. The van der Waals surface area contributed by atoms with Crippen molar-refractivity contribution >= 4 is 40.6 Å². The van der Waals surface area contributed by atoms with Gasteiger partial charge < -0.3 is 14.1 Å². The van der Waals surface area contributed by atoms with Crippen LogP contribution in [0.25, 0.3) is 17.4 Å². The predicted molar refractivity (Wildman–Crippen MR) is 120 cm³/mol. The van der Waals surface area contributed by atoms with E-state index >= 15 is 0 Å². The number of ether oxygens (including phenoxy) is 1. The summed E-state index contributed by atoms with van der Waals surface area (Å²) in [5, 5.41) is 10.9. The molecule has 2 aromatic rings. The topological polar surface area (TPSA) is 123 Å². The van der Waals surface area contributed by atoms with E-state index in [0.29, 0.717) is 31.9 Å². The van der Waals surface area contributed by atoms with Gasteiger partial charge in [-0.3, -0.25) is 29.4 Å². The molecule has 0 atom stereocenters. The van der Waals surface area contributed by atoms with Crippen LogP contribution in [-0.2, 0) is 14.3 Å². The largest absolute Gasteiger partial charge is 0.456 e. The van der Waals surface area contributed by atoms with Crippen molar-refractivity contribution in [1.29, 1.82) is 0 Å². The van der Waals surface area contributed by atoms with E-state index in [0.717, 1.165) is 27.8 Å². The van der Waals surface area contributed by atoms with Gasteiger partial charge in [0.1, 0.15) is 18.1 Å². The summed E-state index contributed by atoms with van der Waals surface area (Å²) in [7, 11) is 0. The van der Waals surface area contributed by atoms with Gasteiger partial charge in [-0.15, -0.1) is 0 Å². The Hall–Kier alpha value is -3.44. The van der Waals surface area contributed by atoms with E-state index in [-0.39, 0.29) is 34.6 Å². The number of amides is 3. The highest BCUT2D eigenvalue weighted by atomic mass is 32.2. The average molecular weight is 471 g/mol. The summed E-state index contributed by atoms with van der Waals surface area (Å²) in [5.41, 5.74) is 1.91. The first-order valence-corrected chi connectivity index (χ1v) is 11.0. The third-order valence-corrected chi connectivity index (χ3v) is 6.41. The highest BCUT2D eigenvalue weighted by molar-refractivity contribution is 8.18. The summed E-state index contributed by atoms with van der Waals surface area (Å²) >= 11 is 0.718. The lowest BCUT2D eigenvalue weighted by molar-refractivity contribution is -0.384. The second kappa shape index (κ2) is 9.20. The minimum atomic E-state index is -0.582. The van der Waals surface area contributed by atoms with Crippen LogP contribution in [0.4, 0.5) is 10.5 Å². The third-order valence-electron chi connectivity index (χ3n) is 5.51. The summed E-state index contributed by atoms with van der Waals surface area (Å²) in [6.07, 6.45) is 1.40. The predicted octanol–water partition coefficient (Wildman–Crippen LogP) is 3.37. The molecule has 3 amide bonds. The van der Waals surface area contributed by atoms with Crippen LogP contribution in [0.3, 0.4) is 0 Å². The van der Waals surface area contributed by atoms with Crippen molar-refractivity contribution in [3.63, 3.8) is 0 Å². The highest BCUT2D eigenvalue weighted by Gasteiger charge is 2.37. The van der Waals surface area contributed by atoms with Gasteiger partial charge in [-0.05, 0) is 54.9 Å². The normalized spacial score (nSPS) is 17.8. The van der Waals surface area contributed by atoms with Crippen LogP contribution in [0, 0.1) is 24.0 Å². The molecule has 2 aliphatic rings. The Morgan fingerprint density at radius 1 is 1.18 bits per heavy atom. The first-order valence-electron chi connectivity index (χ1n) is 10.2. The number of morpholine rings is 1. The number of nitrogens with zero attached hydrogens (tertiary/aromatic N) is 3. The number of carbonyl (C=O) groups is 3. The van der Waals surface area contributed by atoms with Gasteiger partial charge in [-0.1, -0.05) is 0 Å². The van der Waals surface area contributed by atoms with Crippen molar-refractivity contribution in [2.24, 2.45) is 0 Å². The minimum absolute atomic E-state index is 0.0825. The van der Waals surface area contributed by atoms with Crippen LogP contribution >= 0.6 is 11.8 Å². The second-order valence-corrected chi connectivity index (χ2v) is 8.67. The van der Waals surface area contributed by atoms with E-state index in [1.807, 2.05) is 6.92 Å². The van der Waals surface area contributed by atoms with E-state index < -0.39 is 16.1 Å². The Labute approximate surface area is 193 Å². The molecule has 10 nitrogen and oxygen atoms in total. The minimum Gasteiger partial charge on any atom is -0.456 e. The van der Waals surface area contributed by atoms with Crippen molar-refractivity contribution in [2.75, 3.05) is 32.8 Å². The standard InChI is InChI=1S/C22H21N3O7S/c1-13-9-16(17(25(29)30)10-14(13)2)18-4-3-15(32-18)11-19-21(27)24(22(28)33-19)12-20(26)23-5-7-31-8-6-23/h3-4,9-11H,5-8,12H2,1-2H3/b19-11-. The molecule has 0 spiro atoms. The monoisotopic (exact) mass is 471 g/mol. The number of imide groups is 1. The fourth-order valence-corrected chi connectivity index (χ4v) is 4.36. The molecular formula is C22H21N3O7S. The van der Waals surface area contributed by atoms with Gasteiger partial charge in [-0.2, -0.15) is 0 Å². The quantitative estimate of drug-likeness (QED) is 0.369. The number of rotatable bonds is 5. The zero-order chi connectivity index (χ0) is 23.7. The number of aryl methyl sites for hydroxylation is 2. The van der Waals surface area contributed by atoms with E-state index in [2.05, 4.69) is 0 Å². The molecule has 0 unspecified atom stereocenters. The molecule has 4 rings (SSSR count). The van der Waals surface area contributed by atoms with Gasteiger partial charge in [0.05, 0.1) is 28.6 Å². The van der Waals surface area contributed by atoms with Crippen molar-refractivity contribution in [3.05, 3.63) is 56.2 Å². The van der Waals surface area contributed by atoms with Crippen molar-refractivity contribution in [3.8, 4) is 11.3 Å². The summed E-state index contributed by atoms with van der Waals surface area (Å²) < 4.78 is 11.0. The van der Waals surface area contributed by atoms with Crippen LogP contribution < -0.4 is 0 Å². The van der Waals surface area contributed by atoms with Crippen LogP contribution in [0.15, 0.2) is 33.6 Å². The number of nitro benzene ring substituents is 1. The lowest BCUT2D eigenvalue weighted by Gasteiger charge is -2.27. The van der Waals surface area contributed by atoms with Gasteiger partial charge in [0.25, 0.3) is 16.8 Å². The Morgan fingerprint density at radius 2 is 1.88 bits per heavy atom. The van der Waals surface area contributed by atoms with Gasteiger partial charge in [0, 0.05) is 25.2 Å². The molecule has 2 aliphatic heterocycles. The summed E-state index contributed by atoms with van der Waals surface area (Å²) in [6, 6.07) is 6.32. The Bertz CT molecular complexity index is 1180. The second-order valence-electron chi connectivity index (χ2n) is 7.67. The maximum absolute atomic E-state index is 12.7. The maximum Gasteiger partial charge on any atom is 0.294 e. The number of furan rings is 1. The first kappa shape index (κ1) is 22.7. The van der Waals surface area contributed by atoms with E-state index in [4.69, 9.17) is 9.15 Å². The number of benzene rings is 1. The Kier molecular flexibility index (Phi) is 6.34. The van der Waals surface area contributed by atoms with E-state index in [1.165, 1.54) is 12.1 Å². The van der Waals surface area contributed by atoms with Crippen LogP contribution in [0.2, 0.25) is 0 Å². The number of hydrogen-bond acceptors (Lipinski definition) is 8. The summed E-state index contributed by atoms with van der Waals surface area (Å²) in [6.45, 7) is 5.00. The molecule has 172 valence electrons. The molecule has 3 heterocycles. The lowest BCUT2D eigenvalue weighted by atomic mass is 10.0. The number of carbonyl (C=O) groups excluding carboxylic acids is 3. The molecule has 0 N–H and O–H groups in total. The van der Waals surface area contributed by atoms with E-state index in [9.17, 15) is 24.5 Å². The van der Waals surface area contributed by atoms with Gasteiger partial charge >= 0.3 is 0 Å². The molecule has 2 fully saturated rings. The number of hydrogen-bond donors (Lipinski definition) is 0. The molecule has 0 aliphatic carbocycles. The fraction of sp³-hybridized carbons (Fsp3) is 0.318. The number of nitro groups is 1. The number of thioether (sulfide) groups is 1. The third kappa shape index (κ3) is 4.69. The van der Waals surface area contributed by atoms with Crippen molar-refractivity contribution in [1.82, 2.24) is 9.80 Å². The molecule has 11 heteroatoms. The van der Waals surface area contributed by atoms with Gasteiger partial charge in [-0.25, -0.2) is 0 Å². The maximum atomic E-state index is 12.7. The van der Waals surface area contributed by atoms with E-state index in [1.54, 1.807) is 30.0 Å². The molecule has 0 bridgehead atoms. The molecule has 0 radical (unpaired) electrons. The average Bonchev–Trinajstić information content (AvgIpc) is 3.36. The van der Waals surface area contributed by atoms with Crippen LogP contribution in [0.1, 0.15) is 16.9 Å². The smallest absolute Gasteiger partial charge is 0.294 e. The van der Waals surface area contributed by atoms with Crippen LogP contribution in [-0.4, -0.2) is 64.6 Å². The molecule has 1 aromatic heterocycles. The SMILES string of the molecule is Cc1cc(-c2ccc(/C=C3\SC(=O)N(CC(=O)N4CCOCC4)C3=O)o2)c([N+](=O)[O-])cc1C. The fourth-order valence-electron chi connectivity index (χ4n) is 3.54.